The summed E-state index contributed by atoms with van der Waals surface area (Å²) in [5, 5.41) is 24.9. The number of amidine groups is 1. The predicted octanol–water partition coefficient (Wildman–Crippen LogP) is 1.06. The second-order valence-corrected chi connectivity index (χ2v) is 4.77. The smallest absolute Gasteiger partial charge is 0.189 e. The monoisotopic (exact) mass is 280 g/mol. The molecule has 1 atom stereocenters. The third-order valence-corrected chi connectivity index (χ3v) is 3.50. The van der Waals surface area contributed by atoms with Gasteiger partial charge in [-0.2, -0.15) is 0 Å². The SMILES string of the molecule is CCC(CC)C(O)CNCc1cccnc1/C(N)=N/O. The first-order valence-corrected chi connectivity index (χ1v) is 6.94. The molecule has 1 heterocycles. The fourth-order valence-electron chi connectivity index (χ4n) is 2.21. The molecule has 0 fully saturated rings. The van der Waals surface area contributed by atoms with Crippen molar-refractivity contribution in [2.24, 2.45) is 16.8 Å². The van der Waals surface area contributed by atoms with E-state index in [-0.39, 0.29) is 11.9 Å². The highest BCUT2D eigenvalue weighted by molar-refractivity contribution is 5.96. The van der Waals surface area contributed by atoms with E-state index in [1.807, 2.05) is 6.07 Å². The number of nitrogens with one attached hydrogen (secondary N) is 1. The molecule has 1 rings (SSSR count). The van der Waals surface area contributed by atoms with E-state index in [1.165, 1.54) is 0 Å². The van der Waals surface area contributed by atoms with Gasteiger partial charge in [0.1, 0.15) is 5.69 Å². The molecule has 6 nitrogen and oxygen atoms in total. The lowest BCUT2D eigenvalue weighted by atomic mass is 9.96. The number of pyridine rings is 1. The van der Waals surface area contributed by atoms with Gasteiger partial charge in [-0.25, -0.2) is 0 Å². The Kier molecular flexibility index (Phi) is 6.97. The van der Waals surface area contributed by atoms with Crippen LogP contribution in [-0.4, -0.2) is 33.8 Å². The minimum atomic E-state index is -0.367. The van der Waals surface area contributed by atoms with E-state index in [1.54, 1.807) is 12.3 Å². The molecule has 0 saturated carbocycles. The van der Waals surface area contributed by atoms with E-state index in [4.69, 9.17) is 10.9 Å². The minimum Gasteiger partial charge on any atom is -0.409 e. The van der Waals surface area contributed by atoms with E-state index >= 15 is 0 Å². The molecule has 6 heteroatoms. The molecular weight excluding hydrogens is 256 g/mol. The van der Waals surface area contributed by atoms with Gasteiger partial charge in [0.25, 0.3) is 0 Å². The van der Waals surface area contributed by atoms with Crippen molar-refractivity contribution in [2.45, 2.75) is 39.3 Å². The molecule has 0 aromatic carbocycles. The van der Waals surface area contributed by atoms with Gasteiger partial charge in [-0.05, 0) is 17.5 Å². The maximum absolute atomic E-state index is 10.0. The first-order chi connectivity index (χ1) is 9.63. The number of nitrogens with zero attached hydrogens (tertiary/aromatic N) is 2. The van der Waals surface area contributed by atoms with Crippen LogP contribution in [0.15, 0.2) is 23.5 Å². The molecule has 0 aliphatic heterocycles. The lowest BCUT2D eigenvalue weighted by molar-refractivity contribution is 0.101. The zero-order chi connectivity index (χ0) is 15.0. The quantitative estimate of drug-likeness (QED) is 0.247. The fraction of sp³-hybridized carbons (Fsp3) is 0.571. The van der Waals surface area contributed by atoms with Crippen LogP contribution in [0.3, 0.4) is 0 Å². The molecule has 1 unspecified atom stereocenters. The van der Waals surface area contributed by atoms with E-state index < -0.39 is 0 Å². The van der Waals surface area contributed by atoms with Crippen molar-refractivity contribution < 1.29 is 10.3 Å². The van der Waals surface area contributed by atoms with Gasteiger partial charge in [0, 0.05) is 19.3 Å². The predicted molar refractivity (Wildman–Crippen MR) is 78.5 cm³/mol. The van der Waals surface area contributed by atoms with Crippen molar-refractivity contribution in [3.63, 3.8) is 0 Å². The Morgan fingerprint density at radius 3 is 2.75 bits per heavy atom. The number of aliphatic hydroxyl groups is 1. The Hall–Kier alpha value is -1.66. The highest BCUT2D eigenvalue weighted by atomic mass is 16.4. The summed E-state index contributed by atoms with van der Waals surface area (Å²) < 4.78 is 0. The van der Waals surface area contributed by atoms with Crippen LogP contribution in [0.4, 0.5) is 0 Å². The Bertz CT molecular complexity index is 433. The van der Waals surface area contributed by atoms with Gasteiger partial charge in [-0.3, -0.25) is 4.98 Å². The van der Waals surface area contributed by atoms with Crippen molar-refractivity contribution in [1.29, 1.82) is 0 Å². The van der Waals surface area contributed by atoms with Crippen LogP contribution < -0.4 is 11.1 Å². The van der Waals surface area contributed by atoms with Crippen molar-refractivity contribution in [1.82, 2.24) is 10.3 Å². The third kappa shape index (κ3) is 4.47. The van der Waals surface area contributed by atoms with Gasteiger partial charge >= 0.3 is 0 Å². The summed E-state index contributed by atoms with van der Waals surface area (Å²) in [5.74, 6) is 0.294. The topological polar surface area (TPSA) is 104 Å². The van der Waals surface area contributed by atoms with Crippen molar-refractivity contribution in [3.05, 3.63) is 29.6 Å². The Morgan fingerprint density at radius 1 is 1.45 bits per heavy atom. The second-order valence-electron chi connectivity index (χ2n) is 4.77. The standard InChI is InChI=1S/C14H24N4O2/c1-3-10(4-2)12(19)9-16-8-11-6-5-7-17-13(11)14(15)18-20/h5-7,10,12,16,19-20H,3-4,8-9H2,1-2H3,(H2,15,18). The number of nitrogens with two attached hydrogens (primary N) is 1. The van der Waals surface area contributed by atoms with E-state index in [2.05, 4.69) is 29.3 Å². The molecule has 112 valence electrons. The summed E-state index contributed by atoms with van der Waals surface area (Å²) in [6.07, 6.45) is 3.15. The van der Waals surface area contributed by atoms with Crippen LogP contribution >= 0.6 is 0 Å². The molecule has 5 N–H and O–H groups in total. The molecule has 0 aliphatic carbocycles. The van der Waals surface area contributed by atoms with Gasteiger partial charge in [0.05, 0.1) is 6.10 Å². The normalized spacial score (nSPS) is 13.7. The number of oxime groups is 1. The molecule has 0 saturated heterocycles. The van der Waals surface area contributed by atoms with Crippen LogP contribution in [0.25, 0.3) is 0 Å². The summed E-state index contributed by atoms with van der Waals surface area (Å²) in [5.41, 5.74) is 6.87. The number of aromatic nitrogens is 1. The Balaban J connectivity index is 2.58. The molecule has 1 aromatic heterocycles. The molecular formula is C14H24N4O2. The number of hydrogen-bond donors (Lipinski definition) is 4. The minimum absolute atomic E-state index is 0.0112. The van der Waals surface area contributed by atoms with Crippen LogP contribution in [0.2, 0.25) is 0 Å². The molecule has 0 aliphatic rings. The van der Waals surface area contributed by atoms with Gasteiger partial charge in [-0.15, -0.1) is 0 Å². The van der Waals surface area contributed by atoms with E-state index in [0.29, 0.717) is 24.7 Å². The second kappa shape index (κ2) is 8.50. The zero-order valence-electron chi connectivity index (χ0n) is 12.1. The van der Waals surface area contributed by atoms with Gasteiger partial charge < -0.3 is 21.4 Å². The molecule has 0 amide bonds. The number of aliphatic hydroxyl groups excluding tert-OH is 1. The van der Waals surface area contributed by atoms with E-state index in [0.717, 1.165) is 18.4 Å². The van der Waals surface area contributed by atoms with Crippen LogP contribution in [0, 0.1) is 5.92 Å². The fourth-order valence-corrected chi connectivity index (χ4v) is 2.21. The molecule has 1 aromatic rings. The van der Waals surface area contributed by atoms with Crippen LogP contribution in [-0.2, 0) is 6.54 Å². The third-order valence-electron chi connectivity index (χ3n) is 3.50. The van der Waals surface area contributed by atoms with Gasteiger partial charge in [-0.1, -0.05) is 37.9 Å². The average molecular weight is 280 g/mol. The maximum atomic E-state index is 10.0. The summed E-state index contributed by atoms with van der Waals surface area (Å²) in [4.78, 5) is 4.10. The average Bonchev–Trinajstić information content (AvgIpc) is 2.48. The lowest BCUT2D eigenvalue weighted by Crippen LogP contribution is -2.32. The number of rotatable bonds is 8. The zero-order valence-corrected chi connectivity index (χ0v) is 12.1. The summed E-state index contributed by atoms with van der Waals surface area (Å²) in [6.45, 7) is 5.18. The lowest BCUT2D eigenvalue weighted by Gasteiger charge is -2.20. The van der Waals surface area contributed by atoms with Crippen molar-refractivity contribution in [3.8, 4) is 0 Å². The maximum Gasteiger partial charge on any atom is 0.189 e. The highest BCUT2D eigenvalue weighted by Crippen LogP contribution is 2.12. The highest BCUT2D eigenvalue weighted by Gasteiger charge is 2.15. The van der Waals surface area contributed by atoms with Gasteiger partial charge in [0.2, 0.25) is 0 Å². The largest absolute Gasteiger partial charge is 0.409 e. The summed E-state index contributed by atoms with van der Waals surface area (Å²) in [7, 11) is 0. The molecule has 0 radical (unpaired) electrons. The first kappa shape index (κ1) is 16.4. The summed E-state index contributed by atoms with van der Waals surface area (Å²) in [6, 6.07) is 3.65. The Labute approximate surface area is 119 Å². The first-order valence-electron chi connectivity index (χ1n) is 6.94. The Morgan fingerprint density at radius 2 is 2.15 bits per heavy atom. The van der Waals surface area contributed by atoms with Crippen molar-refractivity contribution >= 4 is 5.84 Å². The van der Waals surface area contributed by atoms with Crippen LogP contribution in [0.5, 0.6) is 0 Å². The number of hydrogen-bond acceptors (Lipinski definition) is 5. The van der Waals surface area contributed by atoms with Crippen molar-refractivity contribution in [2.75, 3.05) is 6.54 Å². The molecule has 20 heavy (non-hydrogen) atoms. The van der Waals surface area contributed by atoms with Crippen LogP contribution in [0.1, 0.15) is 37.9 Å². The van der Waals surface area contributed by atoms with Gasteiger partial charge in [0.15, 0.2) is 5.84 Å². The summed E-state index contributed by atoms with van der Waals surface area (Å²) >= 11 is 0. The molecule has 0 bridgehead atoms. The molecule has 0 spiro atoms. The van der Waals surface area contributed by atoms with E-state index in [9.17, 15) is 5.11 Å².